The second-order valence-corrected chi connectivity index (χ2v) is 2.53. The molecule has 1 heteroatoms. The van der Waals surface area contributed by atoms with Gasteiger partial charge in [-0.15, -0.1) is 0 Å². The second kappa shape index (κ2) is 6.56. The predicted octanol–water partition coefficient (Wildman–Crippen LogP) is 2.07. The molecule has 0 aromatic heterocycles. The molecule has 0 aliphatic heterocycles. The average Bonchev–Trinajstić information content (AvgIpc) is 1.87. The van der Waals surface area contributed by atoms with E-state index in [9.17, 15) is 0 Å². The summed E-state index contributed by atoms with van der Waals surface area (Å²) >= 11 is 0. The Morgan fingerprint density at radius 2 is 1.70 bits per heavy atom. The molecular formula is C9H17N. The van der Waals surface area contributed by atoms with Gasteiger partial charge in [-0.2, -0.15) is 0 Å². The minimum Gasteiger partial charge on any atom is -0.306 e. The first kappa shape index (κ1) is 9.44. The van der Waals surface area contributed by atoms with E-state index < -0.39 is 0 Å². The third-order valence-corrected chi connectivity index (χ3v) is 1.09. The van der Waals surface area contributed by atoms with Crippen molar-refractivity contribution in [2.75, 3.05) is 20.6 Å². The zero-order chi connectivity index (χ0) is 7.82. The van der Waals surface area contributed by atoms with E-state index in [0.717, 1.165) is 13.0 Å². The van der Waals surface area contributed by atoms with E-state index in [4.69, 9.17) is 0 Å². The average molecular weight is 139 g/mol. The maximum absolute atomic E-state index is 2.14. The molecule has 0 heterocycles. The van der Waals surface area contributed by atoms with Gasteiger partial charge in [0, 0.05) is 6.54 Å². The minimum atomic E-state index is 1.02. The molecule has 0 spiro atoms. The zero-order valence-electron chi connectivity index (χ0n) is 7.17. The first-order chi connectivity index (χ1) is 4.77. The fourth-order valence-corrected chi connectivity index (χ4v) is 0.565. The van der Waals surface area contributed by atoms with Gasteiger partial charge in [0.25, 0.3) is 0 Å². The maximum Gasteiger partial charge on any atom is 0.0160 e. The predicted molar refractivity (Wildman–Crippen MR) is 47.1 cm³/mol. The van der Waals surface area contributed by atoms with Gasteiger partial charge in [-0.05, 0) is 20.5 Å². The van der Waals surface area contributed by atoms with Crippen LogP contribution in [-0.4, -0.2) is 25.5 Å². The summed E-state index contributed by atoms with van der Waals surface area (Å²) in [6, 6.07) is 0. The number of likely N-dealkylation sites (N-methyl/N-ethyl adjacent to an activating group) is 1. The first-order valence-electron chi connectivity index (χ1n) is 3.73. The van der Waals surface area contributed by atoms with E-state index in [0.29, 0.717) is 0 Å². The van der Waals surface area contributed by atoms with E-state index >= 15 is 0 Å². The third-order valence-electron chi connectivity index (χ3n) is 1.09. The van der Waals surface area contributed by atoms with E-state index in [-0.39, 0.29) is 0 Å². The van der Waals surface area contributed by atoms with Gasteiger partial charge in [0.2, 0.25) is 0 Å². The van der Waals surface area contributed by atoms with Crippen molar-refractivity contribution in [3.8, 4) is 0 Å². The Labute approximate surface area is 64.0 Å². The molecule has 0 fully saturated rings. The number of hydrogen-bond acceptors (Lipinski definition) is 1. The highest BCUT2D eigenvalue weighted by Gasteiger charge is 1.78. The maximum atomic E-state index is 2.14. The Morgan fingerprint density at radius 3 is 2.20 bits per heavy atom. The van der Waals surface area contributed by atoms with Crippen molar-refractivity contribution < 1.29 is 0 Å². The van der Waals surface area contributed by atoms with Crippen molar-refractivity contribution in [1.29, 1.82) is 0 Å². The summed E-state index contributed by atoms with van der Waals surface area (Å²) in [5.74, 6) is 0. The van der Waals surface area contributed by atoms with E-state index in [2.05, 4.69) is 50.2 Å². The van der Waals surface area contributed by atoms with Crippen LogP contribution in [0.3, 0.4) is 0 Å². The number of allylic oxidation sites excluding steroid dienone is 3. The van der Waals surface area contributed by atoms with Crippen LogP contribution in [0.5, 0.6) is 0 Å². The molecular weight excluding hydrogens is 122 g/mol. The first-order valence-corrected chi connectivity index (χ1v) is 3.73. The van der Waals surface area contributed by atoms with Crippen molar-refractivity contribution in [1.82, 2.24) is 4.90 Å². The molecule has 0 N–H and O–H groups in total. The second-order valence-electron chi connectivity index (χ2n) is 2.53. The molecule has 0 aliphatic rings. The zero-order valence-corrected chi connectivity index (χ0v) is 7.17. The molecule has 1 nitrogen and oxygen atoms in total. The topological polar surface area (TPSA) is 3.24 Å². The minimum absolute atomic E-state index is 1.02. The van der Waals surface area contributed by atoms with Gasteiger partial charge >= 0.3 is 0 Å². The van der Waals surface area contributed by atoms with Crippen molar-refractivity contribution >= 4 is 0 Å². The molecule has 0 radical (unpaired) electrons. The van der Waals surface area contributed by atoms with Gasteiger partial charge in [0.05, 0.1) is 0 Å². The van der Waals surface area contributed by atoms with Crippen LogP contribution in [0.4, 0.5) is 0 Å². The lowest BCUT2D eigenvalue weighted by Crippen LogP contribution is -2.10. The molecule has 0 aromatic carbocycles. The lowest BCUT2D eigenvalue weighted by atomic mass is 10.4. The highest BCUT2D eigenvalue weighted by molar-refractivity contribution is 5.02. The summed E-state index contributed by atoms with van der Waals surface area (Å²) in [6.45, 7) is 3.16. The van der Waals surface area contributed by atoms with Crippen molar-refractivity contribution in [2.45, 2.75) is 13.3 Å². The molecule has 0 atom stereocenters. The number of nitrogens with zero attached hydrogens (tertiary/aromatic N) is 1. The van der Waals surface area contributed by atoms with Crippen molar-refractivity contribution in [3.63, 3.8) is 0 Å². The van der Waals surface area contributed by atoms with E-state index in [1.165, 1.54) is 0 Å². The molecule has 0 unspecified atom stereocenters. The summed E-state index contributed by atoms with van der Waals surface area (Å²) in [6.07, 6.45) is 9.58. The third kappa shape index (κ3) is 7.44. The molecule has 0 bridgehead atoms. The van der Waals surface area contributed by atoms with Crippen LogP contribution in [0.25, 0.3) is 0 Å². The molecule has 0 aliphatic carbocycles. The van der Waals surface area contributed by atoms with Gasteiger partial charge in [0.15, 0.2) is 0 Å². The quantitative estimate of drug-likeness (QED) is 0.539. The molecule has 0 saturated heterocycles. The Bertz CT molecular complexity index is 112. The number of hydrogen-bond donors (Lipinski definition) is 0. The Morgan fingerprint density at radius 1 is 1.10 bits per heavy atom. The van der Waals surface area contributed by atoms with Crippen LogP contribution in [0.15, 0.2) is 24.3 Å². The molecule has 0 amide bonds. The van der Waals surface area contributed by atoms with Crippen molar-refractivity contribution in [3.05, 3.63) is 24.3 Å². The summed E-state index contributed by atoms with van der Waals surface area (Å²) < 4.78 is 0. The summed E-state index contributed by atoms with van der Waals surface area (Å²) in [7, 11) is 4.13. The van der Waals surface area contributed by atoms with Crippen LogP contribution < -0.4 is 0 Å². The number of rotatable bonds is 4. The van der Waals surface area contributed by atoms with Gasteiger partial charge in [-0.1, -0.05) is 31.2 Å². The highest BCUT2D eigenvalue weighted by Crippen LogP contribution is 1.82. The smallest absolute Gasteiger partial charge is 0.0160 e. The fourth-order valence-electron chi connectivity index (χ4n) is 0.565. The van der Waals surface area contributed by atoms with E-state index in [1.54, 1.807) is 0 Å². The molecule has 58 valence electrons. The van der Waals surface area contributed by atoms with E-state index in [1.807, 2.05) is 0 Å². The fraction of sp³-hybridized carbons (Fsp3) is 0.556. The molecule has 0 aromatic rings. The monoisotopic (exact) mass is 139 g/mol. The highest BCUT2D eigenvalue weighted by atomic mass is 15.0. The van der Waals surface area contributed by atoms with Gasteiger partial charge in [0.1, 0.15) is 0 Å². The largest absolute Gasteiger partial charge is 0.306 e. The Balaban J connectivity index is 3.28. The lowest BCUT2D eigenvalue weighted by Gasteiger charge is -2.02. The molecule has 0 saturated carbocycles. The molecule has 0 rings (SSSR count). The van der Waals surface area contributed by atoms with Crippen LogP contribution in [0, 0.1) is 0 Å². The van der Waals surface area contributed by atoms with Gasteiger partial charge in [-0.25, -0.2) is 0 Å². The van der Waals surface area contributed by atoms with Crippen molar-refractivity contribution in [2.24, 2.45) is 0 Å². The standard InChI is InChI=1S/C9H17N/c1-4-5-6-7-8-9-10(2)3/h5-8H,4,9H2,1-3H3/b6-5-,8-7-. The van der Waals surface area contributed by atoms with Crippen LogP contribution in [0.1, 0.15) is 13.3 Å². The SMILES string of the molecule is CC/C=C\C=C/CN(C)C. The van der Waals surface area contributed by atoms with Crippen LogP contribution in [0.2, 0.25) is 0 Å². The molecule has 10 heavy (non-hydrogen) atoms. The van der Waals surface area contributed by atoms with Crippen LogP contribution in [-0.2, 0) is 0 Å². The van der Waals surface area contributed by atoms with Gasteiger partial charge in [-0.3, -0.25) is 0 Å². The normalized spacial score (nSPS) is 12.4. The Kier molecular flexibility index (Phi) is 6.19. The summed E-state index contributed by atoms with van der Waals surface area (Å²) in [5, 5.41) is 0. The summed E-state index contributed by atoms with van der Waals surface area (Å²) in [4.78, 5) is 2.14. The van der Waals surface area contributed by atoms with Gasteiger partial charge < -0.3 is 4.90 Å². The van der Waals surface area contributed by atoms with Crippen LogP contribution >= 0.6 is 0 Å². The summed E-state index contributed by atoms with van der Waals surface area (Å²) in [5.41, 5.74) is 0. The lowest BCUT2D eigenvalue weighted by molar-refractivity contribution is 0.456. The Hall–Kier alpha value is -0.560.